The molecule has 0 atom stereocenters. The van der Waals surface area contributed by atoms with E-state index in [2.05, 4.69) is 75.4 Å². The molecule has 0 amide bonds. The minimum atomic E-state index is 0. The molecule has 0 saturated heterocycles. The van der Waals surface area contributed by atoms with E-state index in [-0.39, 0.29) is 43.5 Å². The molecular formula is C39H47IrN2O2-. The van der Waals surface area contributed by atoms with Crippen LogP contribution in [0, 0.1) is 24.8 Å². The molecule has 0 saturated carbocycles. The molecular weight excluding hydrogens is 721 g/mol. The quantitative estimate of drug-likeness (QED) is 0.105. The summed E-state index contributed by atoms with van der Waals surface area (Å²) in [6.45, 7) is 14.7. The van der Waals surface area contributed by atoms with Crippen molar-refractivity contribution in [2.75, 3.05) is 0 Å². The largest absolute Gasteiger partial charge is 0.512 e. The summed E-state index contributed by atoms with van der Waals surface area (Å²) in [5.41, 5.74) is 8.57. The second-order valence-corrected chi connectivity index (χ2v) is 12.1. The summed E-state index contributed by atoms with van der Waals surface area (Å²) in [4.78, 5) is 21.5. The van der Waals surface area contributed by atoms with Gasteiger partial charge in [-0.1, -0.05) is 94.5 Å². The Balaban J connectivity index is 0.000000286. The van der Waals surface area contributed by atoms with E-state index in [9.17, 15) is 9.90 Å². The van der Waals surface area contributed by atoms with Gasteiger partial charge in [-0.25, -0.2) is 0 Å². The molecule has 3 aromatic carbocycles. The number of benzene rings is 3. The van der Waals surface area contributed by atoms with Gasteiger partial charge in [0.1, 0.15) is 0 Å². The van der Waals surface area contributed by atoms with Gasteiger partial charge in [-0.3, -0.25) is 14.8 Å². The Kier molecular flexibility index (Phi) is 13.1. The number of aryl methyl sites for hydroxylation is 3. The van der Waals surface area contributed by atoms with Crippen molar-refractivity contribution in [1.29, 1.82) is 0 Å². The number of allylic oxidation sites excluding steroid dienone is 2. The molecule has 0 unspecified atom stereocenters. The third-order valence-electron chi connectivity index (χ3n) is 8.80. The van der Waals surface area contributed by atoms with Crippen LogP contribution in [0.3, 0.4) is 0 Å². The topological polar surface area (TPSA) is 63.1 Å². The zero-order valence-corrected chi connectivity index (χ0v) is 29.7. The molecule has 235 valence electrons. The summed E-state index contributed by atoms with van der Waals surface area (Å²) in [6, 6.07) is 20.9. The van der Waals surface area contributed by atoms with Crippen LogP contribution in [0.4, 0.5) is 0 Å². The van der Waals surface area contributed by atoms with Crippen LogP contribution in [0.15, 0.2) is 66.6 Å². The van der Waals surface area contributed by atoms with Crippen molar-refractivity contribution in [3.63, 3.8) is 0 Å². The van der Waals surface area contributed by atoms with Gasteiger partial charge in [-0.15, -0.1) is 29.1 Å². The van der Waals surface area contributed by atoms with Crippen molar-refractivity contribution in [2.45, 2.75) is 92.9 Å². The maximum atomic E-state index is 11.7. The molecule has 1 aliphatic carbocycles. The van der Waals surface area contributed by atoms with E-state index in [4.69, 9.17) is 9.97 Å². The van der Waals surface area contributed by atoms with Gasteiger partial charge in [0.25, 0.3) is 0 Å². The molecule has 5 heteroatoms. The third-order valence-corrected chi connectivity index (χ3v) is 8.80. The van der Waals surface area contributed by atoms with Crippen LogP contribution in [0.5, 0.6) is 0 Å². The number of aliphatic hydroxyl groups excluding tert-OH is 1. The number of fused-ring (bicyclic) bond motifs is 4. The predicted molar refractivity (Wildman–Crippen MR) is 179 cm³/mol. The first-order valence-corrected chi connectivity index (χ1v) is 16.1. The smallest absolute Gasteiger partial charge is 0.162 e. The molecule has 0 spiro atoms. The maximum Gasteiger partial charge on any atom is 0.162 e. The summed E-state index contributed by atoms with van der Waals surface area (Å²) in [5, 5.41) is 12.1. The first kappa shape index (κ1) is 35.3. The van der Waals surface area contributed by atoms with E-state index in [1.54, 1.807) is 0 Å². The summed E-state index contributed by atoms with van der Waals surface area (Å²) < 4.78 is 0. The predicted octanol–water partition coefficient (Wildman–Crippen LogP) is 10.2. The number of carbonyl (C=O) groups is 1. The van der Waals surface area contributed by atoms with Crippen molar-refractivity contribution in [1.82, 2.24) is 9.97 Å². The van der Waals surface area contributed by atoms with E-state index in [0.717, 1.165) is 61.0 Å². The van der Waals surface area contributed by atoms with Crippen molar-refractivity contribution in [3.8, 4) is 22.6 Å². The Morgan fingerprint density at radius 1 is 0.932 bits per heavy atom. The Hall–Kier alpha value is -3.14. The summed E-state index contributed by atoms with van der Waals surface area (Å²) >= 11 is 0. The van der Waals surface area contributed by atoms with Gasteiger partial charge in [0, 0.05) is 49.8 Å². The standard InChI is InChI=1S/C26H23N2.C13H24O2.Ir/c1-16(2)24-14-21(13-18-6-4-5-7-22(18)24)26-27-15-20-10-9-19-12-17(3)8-11-23(19)25(20)28-26;1-5-10(6-2)12(14)9-13(15)11(7-3)8-4;/h4-8,11-12,14-16H,9-10H2,1-3H3;9-11,14H,5-8H2,1-4H3;/q-1;;/b;12-9-;. The van der Waals surface area contributed by atoms with Crippen LogP contribution in [0.2, 0.25) is 0 Å². The molecule has 0 aliphatic heterocycles. The number of aliphatic hydroxyl groups is 1. The van der Waals surface area contributed by atoms with E-state index >= 15 is 0 Å². The molecule has 44 heavy (non-hydrogen) atoms. The second kappa shape index (κ2) is 16.3. The number of hydrogen-bond donors (Lipinski definition) is 1. The van der Waals surface area contributed by atoms with Gasteiger partial charge in [0.2, 0.25) is 0 Å². The van der Waals surface area contributed by atoms with Gasteiger partial charge >= 0.3 is 0 Å². The fourth-order valence-corrected chi connectivity index (χ4v) is 6.02. The van der Waals surface area contributed by atoms with Crippen LogP contribution < -0.4 is 0 Å². The zero-order chi connectivity index (χ0) is 31.1. The average molecular weight is 768 g/mol. The van der Waals surface area contributed by atoms with Crippen LogP contribution in [0.25, 0.3) is 33.4 Å². The first-order valence-electron chi connectivity index (χ1n) is 16.1. The number of nitrogens with zero attached hydrogens (tertiary/aromatic N) is 2. The molecule has 0 fully saturated rings. The third kappa shape index (κ3) is 8.11. The van der Waals surface area contributed by atoms with Crippen LogP contribution in [-0.4, -0.2) is 20.9 Å². The van der Waals surface area contributed by atoms with Gasteiger partial charge in [0.15, 0.2) is 5.78 Å². The van der Waals surface area contributed by atoms with Crippen LogP contribution >= 0.6 is 0 Å². The summed E-state index contributed by atoms with van der Waals surface area (Å²) in [6.07, 6.45) is 8.99. The van der Waals surface area contributed by atoms with E-state index in [1.807, 2.05) is 33.9 Å². The Morgan fingerprint density at radius 2 is 1.59 bits per heavy atom. The molecule has 1 aliphatic rings. The monoisotopic (exact) mass is 768 g/mol. The zero-order valence-electron chi connectivity index (χ0n) is 27.3. The Bertz CT molecular complexity index is 1600. The summed E-state index contributed by atoms with van der Waals surface area (Å²) in [5.74, 6) is 1.74. The molecule has 4 nitrogen and oxygen atoms in total. The molecule has 4 aromatic rings. The fraction of sp³-hybridized carbons (Fsp3) is 0.410. The maximum absolute atomic E-state index is 11.7. The molecule has 1 aromatic heterocycles. The van der Waals surface area contributed by atoms with E-state index in [0.29, 0.717) is 5.92 Å². The molecule has 1 heterocycles. The molecule has 1 radical (unpaired) electrons. The second-order valence-electron chi connectivity index (χ2n) is 12.1. The Labute approximate surface area is 277 Å². The van der Waals surface area contributed by atoms with E-state index in [1.165, 1.54) is 39.3 Å². The van der Waals surface area contributed by atoms with Crippen molar-refractivity contribution < 1.29 is 30.0 Å². The van der Waals surface area contributed by atoms with Gasteiger partial charge in [0.05, 0.1) is 17.3 Å². The summed E-state index contributed by atoms with van der Waals surface area (Å²) in [7, 11) is 0. The fourth-order valence-electron chi connectivity index (χ4n) is 6.02. The number of hydrogen-bond acceptors (Lipinski definition) is 4. The molecule has 5 rings (SSSR count). The Morgan fingerprint density at radius 3 is 2.25 bits per heavy atom. The first-order chi connectivity index (χ1) is 20.7. The van der Waals surface area contributed by atoms with Crippen molar-refractivity contribution >= 4 is 16.6 Å². The minimum absolute atomic E-state index is 0. The van der Waals surface area contributed by atoms with Crippen molar-refractivity contribution in [2.24, 2.45) is 11.8 Å². The van der Waals surface area contributed by atoms with Gasteiger partial charge in [-0.05, 0) is 62.5 Å². The molecule has 0 bridgehead atoms. The van der Waals surface area contributed by atoms with Crippen molar-refractivity contribution in [3.05, 3.63) is 94.9 Å². The van der Waals surface area contributed by atoms with Crippen LogP contribution in [0.1, 0.15) is 95.4 Å². The van der Waals surface area contributed by atoms with E-state index < -0.39 is 0 Å². The van der Waals surface area contributed by atoms with Gasteiger partial charge < -0.3 is 5.11 Å². The number of aromatic nitrogens is 2. The van der Waals surface area contributed by atoms with Gasteiger partial charge in [-0.2, -0.15) is 0 Å². The number of carbonyl (C=O) groups excluding carboxylic acids is 1. The normalized spacial score (nSPS) is 12.5. The SMILES string of the molecule is CCC(CC)C(=O)/C=C(\O)C(CC)CC.Cc1ccc2c(c1)CCc1cnc(-c3[c-]c4ccccc4c(C(C)C)c3)nc1-2.[Ir]. The number of rotatable bonds is 9. The van der Waals surface area contributed by atoms with Crippen LogP contribution in [-0.2, 0) is 37.7 Å². The molecule has 1 N–H and O–H groups in total. The average Bonchev–Trinajstić information content (AvgIpc) is 3.01. The number of ketones is 1. The minimum Gasteiger partial charge on any atom is -0.512 e.